The number of amides is 5. The largest absolute Gasteiger partial charge is 0.471 e. The average Bonchev–Trinajstić information content (AvgIpc) is 0.836. The zero-order chi connectivity index (χ0) is 80.4. The van der Waals surface area contributed by atoms with E-state index in [1.165, 1.54) is 0 Å². The molecule has 3 heterocycles. The van der Waals surface area contributed by atoms with E-state index >= 15 is 0 Å². The monoisotopic (exact) mass is 1580 g/mol. The van der Waals surface area contributed by atoms with Crippen LogP contribution < -0.4 is 32.3 Å². The third-order valence-corrected chi connectivity index (χ3v) is 19.5. The van der Waals surface area contributed by atoms with Gasteiger partial charge in [0.15, 0.2) is 18.9 Å². The summed E-state index contributed by atoms with van der Waals surface area (Å²) in [5.74, 6) is -2.81. The maximum Gasteiger partial charge on any atom is 0.471 e. The van der Waals surface area contributed by atoms with E-state index in [9.17, 15) is 74.5 Å². The number of hydrogen-bond donors (Lipinski definition) is 16. The van der Waals surface area contributed by atoms with Crippen molar-refractivity contribution in [3.8, 4) is 0 Å². The maximum absolute atomic E-state index is 13.8. The average molecular weight is 1580 g/mol. The molecule has 7 unspecified atom stereocenters. The van der Waals surface area contributed by atoms with Gasteiger partial charge in [0.1, 0.15) is 42.2 Å². The summed E-state index contributed by atoms with van der Waals surface area (Å²) in [5.41, 5.74) is 3.93. The molecule has 3 saturated heterocycles. The van der Waals surface area contributed by atoms with Gasteiger partial charge < -0.3 is 131 Å². The van der Waals surface area contributed by atoms with Crippen molar-refractivity contribution in [2.24, 2.45) is 23.5 Å². The smallest absolute Gasteiger partial charge is 0.394 e. The second kappa shape index (κ2) is 64.0. The van der Waals surface area contributed by atoms with Crippen LogP contribution in [-0.4, -0.2) is 299 Å². The van der Waals surface area contributed by atoms with Crippen LogP contribution in [0.3, 0.4) is 0 Å². The summed E-state index contributed by atoms with van der Waals surface area (Å²) < 4.78 is 77.3. The summed E-state index contributed by atoms with van der Waals surface area (Å²) in [6.45, 7) is 11.6. The number of aliphatic hydroxyl groups excluding tert-OH is 9. The number of nitrogens with one attached hydrogen (secondary N) is 5. The molecule has 0 spiro atoms. The summed E-state index contributed by atoms with van der Waals surface area (Å²) in [4.78, 5) is 74.3. The molecule has 17 N–H and O–H groups in total. The van der Waals surface area contributed by atoms with Crippen molar-refractivity contribution in [1.29, 1.82) is 0 Å². The van der Waals surface area contributed by atoms with Crippen molar-refractivity contribution < 1.29 is 136 Å². The number of ether oxygens (including phenoxy) is 10. The molecule has 0 radical (unpaired) electrons. The predicted octanol–water partition coefficient (Wildman–Crippen LogP) is 2.15. The molecule has 0 bridgehead atoms. The Bertz CT molecular complexity index is 2140. The van der Waals surface area contributed by atoms with Gasteiger partial charge in [-0.05, 0) is 77.2 Å². The highest BCUT2D eigenvalue weighted by Crippen LogP contribution is 2.42. The molecular weight excluding hydrogens is 1440 g/mol. The van der Waals surface area contributed by atoms with Gasteiger partial charge in [-0.3, -0.25) is 33.0 Å². The second-order valence-electron chi connectivity index (χ2n) is 27.6. The number of phosphoric ester groups is 1. The van der Waals surface area contributed by atoms with Crippen molar-refractivity contribution >= 4 is 37.4 Å². The van der Waals surface area contributed by atoms with Crippen molar-refractivity contribution in [3.05, 3.63) is 0 Å². The fourth-order valence-corrected chi connectivity index (χ4v) is 12.2. The minimum atomic E-state index is -3.75. The molecule has 638 valence electrons. The molecule has 0 saturated carbocycles. The van der Waals surface area contributed by atoms with Crippen LogP contribution in [0.25, 0.3) is 0 Å². The van der Waals surface area contributed by atoms with Crippen molar-refractivity contribution in [3.63, 3.8) is 0 Å². The van der Waals surface area contributed by atoms with Gasteiger partial charge in [0.2, 0.25) is 29.5 Å². The Kier molecular flexibility index (Phi) is 60.8. The van der Waals surface area contributed by atoms with Gasteiger partial charge in [0.25, 0.3) is 0 Å². The first-order valence-corrected chi connectivity index (χ1v) is 41.0. The number of carbonyl (C=O) groups excluding carboxylic acids is 5. The zero-order valence-electron chi connectivity index (χ0n) is 65.8. The van der Waals surface area contributed by atoms with Gasteiger partial charge in [0.05, 0.1) is 84.4 Å². The first-order chi connectivity index (χ1) is 51.9. The van der Waals surface area contributed by atoms with Crippen LogP contribution >= 0.6 is 7.82 Å². The Labute approximate surface area is 641 Å². The first kappa shape index (κ1) is 103. The van der Waals surface area contributed by atoms with Gasteiger partial charge in [-0.1, -0.05) is 98.8 Å². The number of hydrogen-bond acceptors (Lipinski definition) is 28. The second-order valence-corrected chi connectivity index (χ2v) is 29.2. The SMILES string of the molecule is CC.COCCCCCCNC(=O)CCCC(=O)NC(COCCC(=O)NCCCCCCO[C@@H]1OC(CO)[C@H](O)[C@H](O)C1C)(COCCC(=O)NCCCCCCO[C@@H]1OC(CO)[C@H](O)[C@H](O)C1C)COCCC(=O)NCCCCCCO[C@@H]1OC(CO)[C@H](O)[C@H](O)C1C.COP(=O)(O)OCCCCCCN. The molecule has 3 aliphatic heterocycles. The van der Waals surface area contributed by atoms with E-state index in [1.54, 1.807) is 27.9 Å². The van der Waals surface area contributed by atoms with Gasteiger partial charge in [-0.15, -0.1) is 0 Å². The van der Waals surface area contributed by atoms with Gasteiger partial charge in [0, 0.05) is 117 Å². The molecule has 0 aromatic carbocycles. The van der Waals surface area contributed by atoms with Crippen LogP contribution in [0.15, 0.2) is 0 Å². The van der Waals surface area contributed by atoms with Crippen molar-refractivity contribution in [1.82, 2.24) is 26.6 Å². The normalized spacial score (nSPS) is 25.3. The van der Waals surface area contributed by atoms with Crippen LogP contribution in [-0.2, 0) is 85.0 Å². The molecule has 0 aromatic rings. The topological polar surface area (TPSA) is 502 Å². The lowest BCUT2D eigenvalue weighted by atomic mass is 9.92. The molecule has 108 heavy (non-hydrogen) atoms. The molecule has 5 amide bonds. The predicted molar refractivity (Wildman–Crippen MR) is 399 cm³/mol. The van der Waals surface area contributed by atoms with Gasteiger partial charge in [-0.25, -0.2) is 4.57 Å². The Morgan fingerprint density at radius 1 is 0.398 bits per heavy atom. The molecule has 35 heteroatoms. The van der Waals surface area contributed by atoms with Crippen LogP contribution in [0.4, 0.5) is 0 Å². The number of methoxy groups -OCH3 is 1. The number of phosphoric acid groups is 1. The third-order valence-electron chi connectivity index (χ3n) is 18.5. The molecule has 3 aliphatic rings. The highest BCUT2D eigenvalue weighted by molar-refractivity contribution is 7.47. The summed E-state index contributed by atoms with van der Waals surface area (Å²) in [7, 11) is -0.944. The number of carbonyl (C=O) groups is 5. The zero-order valence-corrected chi connectivity index (χ0v) is 66.7. The molecule has 34 nitrogen and oxygen atoms in total. The van der Waals surface area contributed by atoms with Gasteiger partial charge >= 0.3 is 7.82 Å². The molecular formula is C73H143N6O28P. The lowest BCUT2D eigenvalue weighted by Crippen LogP contribution is -2.58. The maximum atomic E-state index is 13.8. The van der Waals surface area contributed by atoms with Crippen LogP contribution in [0, 0.1) is 17.8 Å². The van der Waals surface area contributed by atoms with Crippen molar-refractivity contribution in [2.45, 2.75) is 281 Å². The van der Waals surface area contributed by atoms with Crippen molar-refractivity contribution in [2.75, 3.05) is 139 Å². The van der Waals surface area contributed by atoms with E-state index in [-0.39, 0.29) is 108 Å². The minimum absolute atomic E-state index is 0.00666. The molecule has 3 fully saturated rings. The third kappa shape index (κ3) is 46.1. The first-order valence-electron chi connectivity index (χ1n) is 39.5. The minimum Gasteiger partial charge on any atom is -0.394 e. The molecule has 16 atom stereocenters. The highest BCUT2D eigenvalue weighted by atomic mass is 31.2. The van der Waals surface area contributed by atoms with E-state index in [0.717, 1.165) is 97.0 Å². The Morgan fingerprint density at radius 3 is 1.01 bits per heavy atom. The molecule has 0 aromatic heterocycles. The summed E-state index contributed by atoms with van der Waals surface area (Å²) >= 11 is 0. The number of nitrogens with two attached hydrogens (primary N) is 1. The lowest BCUT2D eigenvalue weighted by molar-refractivity contribution is -0.282. The molecule has 0 aliphatic carbocycles. The van der Waals surface area contributed by atoms with E-state index in [0.29, 0.717) is 97.7 Å². The van der Waals surface area contributed by atoms with E-state index < -0.39 is 131 Å². The Morgan fingerprint density at radius 2 is 0.694 bits per heavy atom. The standard InChI is InChI=1S/C64H119N5O24.C7H18NO4P.C2H6/c1-44-55(78)58(81)47(38-70)91-61(44)88-32-18-10-6-14-28-66-51(74)24-35-85-41-64(69-54(77)23-21-22-50(73)65-27-13-5-9-17-31-84-4,42-86-36-25-52(75)67-29-15-7-11-19-33-89-62-45(2)56(79)59(82)48(39-71)92-62)43-87-37-26-53(76)68-30-16-8-12-20-34-90-63-46(3)57(80)60(83)49(40-72)93-63;1-11-13(9,10)12-7-5-3-2-4-6-8;1-2/h44-49,55-63,70-72,78-83H,5-43H2,1-4H3,(H,65,73)(H,66,74)(H,67,75)(H,68,76)(H,69,77);2-8H2,1H3,(H,9,10);1-2H3/t44?,45?,46?,47?,48?,49?,55-,56-,57-,58+,59+,60+,61-,62-,63-,64?;;/m1../s1. The fraction of sp³-hybridized carbons (Fsp3) is 0.932. The Hall–Kier alpha value is -3.34. The van der Waals surface area contributed by atoms with E-state index in [1.807, 2.05) is 13.8 Å². The molecule has 3 rings (SSSR count). The number of rotatable bonds is 62. The van der Waals surface area contributed by atoms with Gasteiger partial charge in [-0.2, -0.15) is 0 Å². The summed E-state index contributed by atoms with van der Waals surface area (Å²) in [6, 6.07) is 0. The van der Waals surface area contributed by atoms with E-state index in [2.05, 4.69) is 35.6 Å². The fourth-order valence-electron chi connectivity index (χ4n) is 11.7. The Balaban J connectivity index is 0.00000349. The van der Waals surface area contributed by atoms with Crippen LogP contribution in [0.1, 0.15) is 202 Å². The summed E-state index contributed by atoms with van der Waals surface area (Å²) in [6.07, 6.45) is 4.70. The quantitative estimate of drug-likeness (QED) is 0.0306. The van der Waals surface area contributed by atoms with Crippen LogP contribution in [0.2, 0.25) is 0 Å². The number of unbranched alkanes of at least 4 members (excludes halogenated alkanes) is 15. The lowest BCUT2D eigenvalue weighted by Gasteiger charge is -2.40. The van der Waals surface area contributed by atoms with E-state index in [4.69, 9.17) is 58.0 Å². The summed E-state index contributed by atoms with van der Waals surface area (Å²) in [5, 5.41) is 104. The number of aliphatic hydroxyl groups is 9. The van der Waals surface area contributed by atoms with Crippen LogP contribution in [0.5, 0.6) is 0 Å². The highest BCUT2D eigenvalue weighted by Gasteiger charge is 2.45.